The smallest absolute Gasteiger partial charge is 0.404 e. The number of alkyl halides is 1. The third kappa shape index (κ3) is 4.75. The number of amides is 1. The van der Waals surface area contributed by atoms with Gasteiger partial charge in [-0.3, -0.25) is 14.6 Å². The fourth-order valence-corrected chi connectivity index (χ4v) is 1.68. The van der Waals surface area contributed by atoms with Crippen LogP contribution < -0.4 is 9.84 Å². The predicted octanol–water partition coefficient (Wildman–Crippen LogP) is 1.64. The molecule has 1 amide bonds. The first-order valence-electron chi connectivity index (χ1n) is 4.53. The first-order valence-corrected chi connectivity index (χ1v) is 6.60. The van der Waals surface area contributed by atoms with E-state index in [2.05, 4.69) is 9.84 Å². The van der Waals surface area contributed by atoms with E-state index in [1.807, 2.05) is 0 Å². The molecule has 0 heterocycles. The molecule has 17 heavy (non-hydrogen) atoms. The fraction of sp³-hybridized carbons (Fsp3) is 0.222. The lowest BCUT2D eigenvalue weighted by molar-refractivity contribution is -0.113. The molecule has 1 aromatic carbocycles. The number of halogens is 1. The Bertz CT molecular complexity index is 472. The minimum Gasteiger partial charge on any atom is -0.404 e. The maximum Gasteiger partial charge on any atom is 0.524 e. The van der Waals surface area contributed by atoms with Crippen molar-refractivity contribution in [1.29, 1.82) is 0 Å². The molecule has 0 fully saturated rings. The van der Waals surface area contributed by atoms with Crippen molar-refractivity contribution in [2.75, 3.05) is 11.2 Å². The van der Waals surface area contributed by atoms with E-state index in [0.29, 0.717) is 11.3 Å². The van der Waals surface area contributed by atoms with E-state index < -0.39 is 7.82 Å². The Kier molecular flexibility index (Phi) is 4.54. The average Bonchev–Trinajstić information content (AvgIpc) is 2.20. The second-order valence-corrected chi connectivity index (χ2v) is 4.67. The molecule has 0 saturated heterocycles. The van der Waals surface area contributed by atoms with E-state index >= 15 is 0 Å². The Labute approximate surface area is 103 Å². The van der Waals surface area contributed by atoms with Crippen LogP contribution in [0.1, 0.15) is 5.56 Å². The number of carbonyl (C=O) groups excluding carboxylic acids is 1. The molecule has 0 aliphatic rings. The number of rotatable bonds is 4. The monoisotopic (exact) mass is 279 g/mol. The van der Waals surface area contributed by atoms with Gasteiger partial charge in [0.05, 0.1) is 0 Å². The number of carbonyl (C=O) groups is 1. The van der Waals surface area contributed by atoms with Gasteiger partial charge in [0.15, 0.2) is 0 Å². The van der Waals surface area contributed by atoms with Crippen LogP contribution in [0.4, 0.5) is 5.69 Å². The molecule has 0 spiro atoms. The minimum absolute atomic E-state index is 0.0576. The lowest BCUT2D eigenvalue weighted by Gasteiger charge is -2.11. The molecule has 1 aromatic rings. The second kappa shape index (κ2) is 5.51. The molecule has 3 N–H and O–H groups in total. The van der Waals surface area contributed by atoms with Crippen LogP contribution in [0.3, 0.4) is 0 Å². The van der Waals surface area contributed by atoms with Crippen LogP contribution in [-0.4, -0.2) is 21.6 Å². The molecule has 0 radical (unpaired) electrons. The third-order valence-electron chi connectivity index (χ3n) is 1.80. The highest BCUT2D eigenvalue weighted by atomic mass is 35.5. The van der Waals surface area contributed by atoms with Gasteiger partial charge in [-0.1, -0.05) is 0 Å². The lowest BCUT2D eigenvalue weighted by Crippen LogP contribution is -2.12. The van der Waals surface area contributed by atoms with Gasteiger partial charge in [-0.05, 0) is 30.7 Å². The highest BCUT2D eigenvalue weighted by Gasteiger charge is 2.17. The van der Waals surface area contributed by atoms with Crippen molar-refractivity contribution in [2.45, 2.75) is 6.92 Å². The number of benzene rings is 1. The zero-order valence-electron chi connectivity index (χ0n) is 8.88. The van der Waals surface area contributed by atoms with Crippen molar-refractivity contribution in [3.05, 3.63) is 23.8 Å². The van der Waals surface area contributed by atoms with Crippen LogP contribution in [0.25, 0.3) is 0 Å². The zero-order valence-corrected chi connectivity index (χ0v) is 10.5. The molecule has 0 aromatic heterocycles. The van der Waals surface area contributed by atoms with Crippen molar-refractivity contribution >= 4 is 31.0 Å². The summed E-state index contributed by atoms with van der Waals surface area (Å²) < 4.78 is 15.1. The molecule has 0 atom stereocenters. The summed E-state index contributed by atoms with van der Waals surface area (Å²) in [5.41, 5.74) is 0.965. The van der Waals surface area contributed by atoms with E-state index in [-0.39, 0.29) is 17.5 Å². The van der Waals surface area contributed by atoms with Crippen molar-refractivity contribution in [1.82, 2.24) is 0 Å². The number of phosphoric acid groups is 1. The topological polar surface area (TPSA) is 95.9 Å². The highest BCUT2D eigenvalue weighted by molar-refractivity contribution is 7.46. The van der Waals surface area contributed by atoms with Gasteiger partial charge >= 0.3 is 7.82 Å². The molecule has 0 unspecified atom stereocenters. The van der Waals surface area contributed by atoms with E-state index in [1.165, 1.54) is 18.2 Å². The van der Waals surface area contributed by atoms with Crippen LogP contribution in [0.15, 0.2) is 18.2 Å². The summed E-state index contributed by atoms with van der Waals surface area (Å²) in [6.45, 7) is 1.60. The van der Waals surface area contributed by atoms with Crippen LogP contribution in [0.5, 0.6) is 5.75 Å². The molecule has 0 aliphatic heterocycles. The summed E-state index contributed by atoms with van der Waals surface area (Å²) >= 11 is 5.32. The Morgan fingerprint density at radius 1 is 1.53 bits per heavy atom. The van der Waals surface area contributed by atoms with Gasteiger partial charge in [0.25, 0.3) is 0 Å². The lowest BCUT2D eigenvalue weighted by atomic mass is 10.2. The molecule has 0 saturated carbocycles. The number of nitrogens with one attached hydrogen (secondary N) is 1. The van der Waals surface area contributed by atoms with Crippen LogP contribution in [0.2, 0.25) is 0 Å². The summed E-state index contributed by atoms with van der Waals surface area (Å²) in [4.78, 5) is 28.3. The Morgan fingerprint density at radius 3 is 2.65 bits per heavy atom. The summed E-state index contributed by atoms with van der Waals surface area (Å²) in [5.74, 6) is -0.475. The molecule has 94 valence electrons. The normalized spacial score (nSPS) is 11.1. The van der Waals surface area contributed by atoms with E-state index in [4.69, 9.17) is 21.4 Å². The van der Waals surface area contributed by atoms with E-state index in [1.54, 1.807) is 6.92 Å². The van der Waals surface area contributed by atoms with Crippen LogP contribution >= 0.6 is 19.4 Å². The number of hydrogen-bond acceptors (Lipinski definition) is 3. The number of aryl methyl sites for hydroxylation is 1. The van der Waals surface area contributed by atoms with Gasteiger partial charge in [-0.25, -0.2) is 4.57 Å². The molecule has 6 nitrogen and oxygen atoms in total. The number of hydrogen-bond donors (Lipinski definition) is 3. The summed E-state index contributed by atoms with van der Waals surface area (Å²) in [7, 11) is -4.57. The number of anilines is 1. The largest absolute Gasteiger partial charge is 0.524 e. The molecule has 1 rings (SSSR count). The molecular formula is C9H11ClNO5P. The summed E-state index contributed by atoms with van der Waals surface area (Å²) in [5, 5.41) is 2.50. The SMILES string of the molecule is Cc1cc(NC(=O)CCl)ccc1OP(=O)(O)O. The summed E-state index contributed by atoms with van der Waals surface area (Å²) in [6, 6.07) is 4.34. The van der Waals surface area contributed by atoms with E-state index in [0.717, 1.165) is 0 Å². The molecule has 8 heteroatoms. The van der Waals surface area contributed by atoms with Crippen molar-refractivity contribution in [2.24, 2.45) is 0 Å². The van der Waals surface area contributed by atoms with Gasteiger partial charge in [0, 0.05) is 5.69 Å². The maximum absolute atomic E-state index is 11.0. The van der Waals surface area contributed by atoms with E-state index in [9.17, 15) is 9.36 Å². The van der Waals surface area contributed by atoms with Gasteiger partial charge in [-0.15, -0.1) is 11.6 Å². The quantitative estimate of drug-likeness (QED) is 0.575. The van der Waals surface area contributed by atoms with Gasteiger partial charge < -0.3 is 9.84 Å². The Balaban J connectivity index is 2.86. The Morgan fingerprint density at radius 2 is 2.18 bits per heavy atom. The molecule has 0 bridgehead atoms. The standard InChI is InChI=1S/C9H11ClNO5P/c1-6-4-7(11-9(12)5-10)2-3-8(6)16-17(13,14)15/h2-4H,5H2,1H3,(H,11,12)(H2,13,14,15). The second-order valence-electron chi connectivity index (χ2n) is 3.24. The van der Waals surface area contributed by atoms with Gasteiger partial charge in [0.2, 0.25) is 5.91 Å². The number of phosphoric ester groups is 1. The molecular weight excluding hydrogens is 269 g/mol. The highest BCUT2D eigenvalue weighted by Crippen LogP contribution is 2.39. The first-order chi connectivity index (χ1) is 7.81. The predicted molar refractivity (Wildman–Crippen MR) is 63.2 cm³/mol. The first kappa shape index (κ1) is 14.0. The van der Waals surface area contributed by atoms with Crippen molar-refractivity contribution in [3.8, 4) is 5.75 Å². The Hall–Kier alpha value is -1.07. The van der Waals surface area contributed by atoms with Crippen LogP contribution in [0, 0.1) is 6.92 Å². The fourth-order valence-electron chi connectivity index (χ4n) is 1.15. The minimum atomic E-state index is -4.57. The van der Waals surface area contributed by atoms with Crippen LogP contribution in [-0.2, 0) is 9.36 Å². The maximum atomic E-state index is 11.0. The van der Waals surface area contributed by atoms with Gasteiger partial charge in [0.1, 0.15) is 11.6 Å². The zero-order chi connectivity index (χ0) is 13.1. The average molecular weight is 280 g/mol. The van der Waals surface area contributed by atoms with Gasteiger partial charge in [-0.2, -0.15) is 0 Å². The molecule has 0 aliphatic carbocycles. The van der Waals surface area contributed by atoms with Crippen molar-refractivity contribution in [3.63, 3.8) is 0 Å². The third-order valence-corrected chi connectivity index (χ3v) is 2.47. The van der Waals surface area contributed by atoms with Crippen molar-refractivity contribution < 1.29 is 23.7 Å². The summed E-state index contributed by atoms with van der Waals surface area (Å²) in [6.07, 6.45) is 0.